The van der Waals surface area contributed by atoms with E-state index in [1.54, 1.807) is 0 Å². The van der Waals surface area contributed by atoms with Crippen LogP contribution >= 0.6 is 0 Å². The first-order valence-corrected chi connectivity index (χ1v) is 11.1. The second kappa shape index (κ2) is 9.16. The number of piperazine rings is 2. The van der Waals surface area contributed by atoms with E-state index in [0.717, 1.165) is 89.5 Å². The van der Waals surface area contributed by atoms with E-state index < -0.39 is 0 Å². The molecule has 3 fully saturated rings. The molecule has 0 amide bonds. The Hall–Kier alpha value is -2.42. The molecule has 3 aliphatic rings. The number of nitrogens with zero attached hydrogens (tertiary/aromatic N) is 5. The molecule has 8 nitrogen and oxygen atoms in total. The number of hydrogen-bond donors (Lipinski definition) is 2. The fraction of sp³-hybridized carbons (Fsp3) is 0.545. The SMILES string of the molecule is c1ccc(N2CCN(c3nc(C4CNCCO4)cc(N4CCNCC4)n3)CC2)cc1. The number of aromatic nitrogens is 2. The number of nitrogens with one attached hydrogen (secondary N) is 2. The quantitative estimate of drug-likeness (QED) is 0.771. The summed E-state index contributed by atoms with van der Waals surface area (Å²) in [5.74, 6) is 1.86. The van der Waals surface area contributed by atoms with Gasteiger partial charge in [0.25, 0.3) is 0 Å². The molecule has 2 aromatic rings. The maximum Gasteiger partial charge on any atom is 0.227 e. The lowest BCUT2D eigenvalue weighted by Gasteiger charge is -2.37. The molecule has 3 saturated heterocycles. The Labute approximate surface area is 178 Å². The van der Waals surface area contributed by atoms with Crippen LogP contribution in [0, 0.1) is 0 Å². The van der Waals surface area contributed by atoms with Crippen molar-refractivity contribution in [2.45, 2.75) is 6.10 Å². The van der Waals surface area contributed by atoms with Crippen LogP contribution in [0.3, 0.4) is 0 Å². The highest BCUT2D eigenvalue weighted by atomic mass is 16.5. The molecule has 5 rings (SSSR count). The highest BCUT2D eigenvalue weighted by molar-refractivity contribution is 5.50. The highest BCUT2D eigenvalue weighted by Gasteiger charge is 2.25. The van der Waals surface area contributed by atoms with Crippen molar-refractivity contribution < 1.29 is 4.74 Å². The van der Waals surface area contributed by atoms with E-state index in [2.05, 4.69) is 61.7 Å². The lowest BCUT2D eigenvalue weighted by molar-refractivity contribution is 0.0250. The minimum absolute atomic E-state index is 0.00669. The van der Waals surface area contributed by atoms with Gasteiger partial charge in [-0.2, -0.15) is 4.98 Å². The summed E-state index contributed by atoms with van der Waals surface area (Å²) in [6.07, 6.45) is -0.00669. The third kappa shape index (κ3) is 4.35. The van der Waals surface area contributed by atoms with E-state index in [4.69, 9.17) is 14.7 Å². The van der Waals surface area contributed by atoms with E-state index in [9.17, 15) is 0 Å². The minimum atomic E-state index is -0.00669. The zero-order chi connectivity index (χ0) is 20.2. The first-order chi connectivity index (χ1) is 14.9. The van der Waals surface area contributed by atoms with Crippen LogP contribution in [0.25, 0.3) is 0 Å². The Bertz CT molecular complexity index is 777. The molecule has 30 heavy (non-hydrogen) atoms. The summed E-state index contributed by atoms with van der Waals surface area (Å²) >= 11 is 0. The molecule has 0 bridgehead atoms. The molecule has 0 aliphatic carbocycles. The lowest BCUT2D eigenvalue weighted by Crippen LogP contribution is -2.48. The molecule has 1 unspecified atom stereocenters. The molecule has 1 aromatic carbocycles. The Kier molecular flexibility index (Phi) is 5.96. The van der Waals surface area contributed by atoms with E-state index in [-0.39, 0.29) is 6.10 Å². The molecule has 0 spiro atoms. The van der Waals surface area contributed by atoms with Gasteiger partial charge in [-0.25, -0.2) is 4.98 Å². The number of ether oxygens (including phenoxy) is 1. The van der Waals surface area contributed by atoms with Gasteiger partial charge in [-0.3, -0.25) is 0 Å². The molecule has 0 radical (unpaired) electrons. The number of anilines is 3. The van der Waals surface area contributed by atoms with Gasteiger partial charge in [-0.05, 0) is 12.1 Å². The van der Waals surface area contributed by atoms with Gasteiger partial charge >= 0.3 is 0 Å². The van der Waals surface area contributed by atoms with E-state index in [0.29, 0.717) is 0 Å². The molecule has 1 atom stereocenters. The molecule has 8 heteroatoms. The fourth-order valence-corrected chi connectivity index (χ4v) is 4.36. The van der Waals surface area contributed by atoms with Crippen molar-refractivity contribution in [2.24, 2.45) is 0 Å². The maximum atomic E-state index is 6.01. The van der Waals surface area contributed by atoms with Crippen molar-refractivity contribution in [1.82, 2.24) is 20.6 Å². The van der Waals surface area contributed by atoms with Crippen LogP contribution in [0.4, 0.5) is 17.5 Å². The van der Waals surface area contributed by atoms with Crippen molar-refractivity contribution in [1.29, 1.82) is 0 Å². The summed E-state index contributed by atoms with van der Waals surface area (Å²) < 4.78 is 6.01. The topological polar surface area (TPSA) is 68.8 Å². The Morgan fingerprint density at radius 2 is 1.57 bits per heavy atom. The van der Waals surface area contributed by atoms with Gasteiger partial charge in [0.15, 0.2) is 0 Å². The Balaban J connectivity index is 1.36. The van der Waals surface area contributed by atoms with Crippen LogP contribution in [0.2, 0.25) is 0 Å². The number of rotatable bonds is 4. The normalized spacial score (nSPS) is 22.9. The molecular weight excluding hydrogens is 378 g/mol. The van der Waals surface area contributed by atoms with Crippen molar-refractivity contribution in [2.75, 3.05) is 86.8 Å². The zero-order valence-corrected chi connectivity index (χ0v) is 17.5. The first-order valence-electron chi connectivity index (χ1n) is 11.1. The monoisotopic (exact) mass is 409 g/mol. The zero-order valence-electron chi connectivity index (χ0n) is 17.5. The van der Waals surface area contributed by atoms with E-state index >= 15 is 0 Å². The minimum Gasteiger partial charge on any atom is -0.369 e. The average molecular weight is 410 g/mol. The van der Waals surface area contributed by atoms with Crippen LogP contribution in [0.1, 0.15) is 11.8 Å². The predicted octanol–water partition coefficient (Wildman–Crippen LogP) is 0.874. The molecule has 3 aliphatic heterocycles. The summed E-state index contributed by atoms with van der Waals surface area (Å²) in [4.78, 5) is 17.1. The highest BCUT2D eigenvalue weighted by Crippen LogP contribution is 2.26. The van der Waals surface area contributed by atoms with Crippen LogP contribution in [0.5, 0.6) is 0 Å². The summed E-state index contributed by atoms with van der Waals surface area (Å²) in [5, 5.41) is 6.85. The third-order valence-electron chi connectivity index (χ3n) is 6.10. The fourth-order valence-electron chi connectivity index (χ4n) is 4.36. The van der Waals surface area contributed by atoms with Gasteiger partial charge in [0.05, 0.1) is 12.3 Å². The second-order valence-corrected chi connectivity index (χ2v) is 8.06. The number of morpholine rings is 1. The molecular formula is C22H31N7O. The predicted molar refractivity (Wildman–Crippen MR) is 120 cm³/mol. The van der Waals surface area contributed by atoms with Crippen molar-refractivity contribution in [3.8, 4) is 0 Å². The standard InChI is InChI=1S/C22H31N7O/c1-2-4-18(5-3-1)27-11-13-29(14-12-27)22-25-19(20-17-24-8-15-30-20)16-21(26-22)28-9-6-23-7-10-28/h1-5,16,20,23-24H,6-15,17H2. The second-order valence-electron chi connectivity index (χ2n) is 8.06. The Morgan fingerprint density at radius 3 is 2.30 bits per heavy atom. The Morgan fingerprint density at radius 1 is 0.800 bits per heavy atom. The molecule has 0 saturated carbocycles. The van der Waals surface area contributed by atoms with Gasteiger partial charge in [-0.1, -0.05) is 18.2 Å². The van der Waals surface area contributed by atoms with Crippen LogP contribution < -0.4 is 25.3 Å². The average Bonchev–Trinajstić information content (AvgIpc) is 2.85. The molecule has 160 valence electrons. The molecule has 4 heterocycles. The largest absolute Gasteiger partial charge is 0.369 e. The molecule has 1 aromatic heterocycles. The third-order valence-corrected chi connectivity index (χ3v) is 6.10. The van der Waals surface area contributed by atoms with Crippen LogP contribution in [-0.4, -0.2) is 82.0 Å². The van der Waals surface area contributed by atoms with Gasteiger partial charge in [0.2, 0.25) is 5.95 Å². The summed E-state index contributed by atoms with van der Waals surface area (Å²) in [7, 11) is 0. The van der Waals surface area contributed by atoms with Crippen molar-refractivity contribution in [3.05, 3.63) is 42.1 Å². The lowest BCUT2D eigenvalue weighted by atomic mass is 10.2. The number of benzene rings is 1. The van der Waals surface area contributed by atoms with Gasteiger partial charge in [0, 0.05) is 77.2 Å². The van der Waals surface area contributed by atoms with E-state index in [1.165, 1.54) is 5.69 Å². The summed E-state index contributed by atoms with van der Waals surface area (Å²) in [6, 6.07) is 12.8. The van der Waals surface area contributed by atoms with Gasteiger partial charge < -0.3 is 30.1 Å². The first kappa shape index (κ1) is 19.5. The van der Waals surface area contributed by atoms with E-state index in [1.807, 2.05) is 0 Å². The maximum absolute atomic E-state index is 6.01. The van der Waals surface area contributed by atoms with Crippen molar-refractivity contribution in [3.63, 3.8) is 0 Å². The van der Waals surface area contributed by atoms with Gasteiger partial charge in [0.1, 0.15) is 11.9 Å². The number of para-hydroxylation sites is 1. The van der Waals surface area contributed by atoms with Crippen LogP contribution in [-0.2, 0) is 4.74 Å². The molecule has 2 N–H and O–H groups in total. The summed E-state index contributed by atoms with van der Waals surface area (Å²) in [6.45, 7) is 10.2. The number of hydrogen-bond acceptors (Lipinski definition) is 8. The summed E-state index contributed by atoms with van der Waals surface area (Å²) in [5.41, 5.74) is 2.28. The van der Waals surface area contributed by atoms with Crippen LogP contribution in [0.15, 0.2) is 36.4 Å². The smallest absolute Gasteiger partial charge is 0.227 e. The van der Waals surface area contributed by atoms with Gasteiger partial charge in [-0.15, -0.1) is 0 Å². The van der Waals surface area contributed by atoms with Crippen molar-refractivity contribution >= 4 is 17.5 Å².